The van der Waals surface area contributed by atoms with Gasteiger partial charge < -0.3 is 20.1 Å². The minimum absolute atomic E-state index is 0.0566. The number of hydrogen-bond donors (Lipinski definition) is 2. The standard InChI is InChI=1S/C19H19ClN2O5/c1-26-16-4-2-3-15(11-16)22-18(24)12-27-19(25)10-9-17(23)21-14-7-5-13(20)6-8-14/h2-8,11H,9-10,12H2,1H3,(H,21,23)(H,22,24). The molecule has 7 nitrogen and oxygen atoms in total. The summed E-state index contributed by atoms with van der Waals surface area (Å²) >= 11 is 5.76. The van der Waals surface area contributed by atoms with Gasteiger partial charge in [-0.05, 0) is 36.4 Å². The molecular weight excluding hydrogens is 372 g/mol. The van der Waals surface area contributed by atoms with Gasteiger partial charge in [0.2, 0.25) is 5.91 Å². The summed E-state index contributed by atoms with van der Waals surface area (Å²) in [6.07, 6.45) is -0.190. The van der Waals surface area contributed by atoms with E-state index in [2.05, 4.69) is 10.6 Å². The van der Waals surface area contributed by atoms with Crippen molar-refractivity contribution in [1.29, 1.82) is 0 Å². The van der Waals surface area contributed by atoms with E-state index in [-0.39, 0.29) is 18.7 Å². The molecule has 0 bridgehead atoms. The van der Waals surface area contributed by atoms with E-state index in [4.69, 9.17) is 21.1 Å². The zero-order valence-corrected chi connectivity index (χ0v) is 15.4. The summed E-state index contributed by atoms with van der Waals surface area (Å²) in [7, 11) is 1.52. The fraction of sp³-hybridized carbons (Fsp3) is 0.211. The normalized spacial score (nSPS) is 10.0. The lowest BCUT2D eigenvalue weighted by Gasteiger charge is -2.08. The summed E-state index contributed by atoms with van der Waals surface area (Å²) in [5, 5.41) is 5.78. The van der Waals surface area contributed by atoms with Gasteiger partial charge in [0.15, 0.2) is 6.61 Å². The first-order valence-electron chi connectivity index (χ1n) is 8.11. The minimum Gasteiger partial charge on any atom is -0.497 e. The van der Waals surface area contributed by atoms with E-state index in [1.165, 1.54) is 7.11 Å². The van der Waals surface area contributed by atoms with Crippen LogP contribution in [-0.4, -0.2) is 31.5 Å². The number of amides is 2. The molecule has 8 heteroatoms. The lowest BCUT2D eigenvalue weighted by Crippen LogP contribution is -2.21. The number of nitrogens with one attached hydrogen (secondary N) is 2. The molecular formula is C19H19ClN2O5. The Hall–Kier alpha value is -3.06. The molecule has 0 radical (unpaired) electrons. The molecule has 142 valence electrons. The van der Waals surface area contributed by atoms with Crippen LogP contribution in [0.1, 0.15) is 12.8 Å². The number of anilines is 2. The minimum atomic E-state index is -0.637. The number of benzene rings is 2. The summed E-state index contributed by atoms with van der Waals surface area (Å²) in [4.78, 5) is 35.3. The van der Waals surface area contributed by atoms with Crippen LogP contribution in [0.5, 0.6) is 5.75 Å². The second-order valence-corrected chi connectivity index (χ2v) is 5.93. The third-order valence-corrected chi connectivity index (χ3v) is 3.65. The highest BCUT2D eigenvalue weighted by Crippen LogP contribution is 2.16. The number of rotatable bonds is 8. The highest BCUT2D eigenvalue weighted by atomic mass is 35.5. The number of ether oxygens (including phenoxy) is 2. The van der Waals surface area contributed by atoms with Gasteiger partial charge in [-0.1, -0.05) is 17.7 Å². The molecule has 0 aliphatic carbocycles. The van der Waals surface area contributed by atoms with Gasteiger partial charge in [-0.3, -0.25) is 14.4 Å². The van der Waals surface area contributed by atoms with E-state index in [9.17, 15) is 14.4 Å². The zero-order chi connectivity index (χ0) is 19.6. The molecule has 27 heavy (non-hydrogen) atoms. The fourth-order valence-corrected chi connectivity index (χ4v) is 2.21. The monoisotopic (exact) mass is 390 g/mol. The number of carbonyl (C=O) groups is 3. The van der Waals surface area contributed by atoms with E-state index in [1.807, 2.05) is 0 Å². The molecule has 0 saturated heterocycles. The van der Waals surface area contributed by atoms with Crippen molar-refractivity contribution < 1.29 is 23.9 Å². The predicted molar refractivity (Wildman–Crippen MR) is 102 cm³/mol. The Bertz CT molecular complexity index is 808. The van der Waals surface area contributed by atoms with Crippen LogP contribution in [0.3, 0.4) is 0 Å². The number of halogens is 1. The topological polar surface area (TPSA) is 93.7 Å². The highest BCUT2D eigenvalue weighted by Gasteiger charge is 2.11. The van der Waals surface area contributed by atoms with Crippen molar-refractivity contribution in [1.82, 2.24) is 0 Å². The molecule has 2 N–H and O–H groups in total. The van der Waals surface area contributed by atoms with Crippen molar-refractivity contribution in [3.8, 4) is 5.75 Å². The zero-order valence-electron chi connectivity index (χ0n) is 14.7. The lowest BCUT2D eigenvalue weighted by molar-refractivity contribution is -0.147. The smallest absolute Gasteiger partial charge is 0.306 e. The quantitative estimate of drug-likeness (QED) is 0.675. The maximum absolute atomic E-state index is 11.8. The Kier molecular flexibility index (Phi) is 7.63. The van der Waals surface area contributed by atoms with Crippen LogP contribution >= 0.6 is 11.6 Å². The largest absolute Gasteiger partial charge is 0.497 e. The van der Waals surface area contributed by atoms with E-state index in [1.54, 1.807) is 48.5 Å². The first-order chi connectivity index (χ1) is 13.0. The molecule has 0 saturated carbocycles. The van der Waals surface area contributed by atoms with Crippen LogP contribution in [-0.2, 0) is 19.1 Å². The van der Waals surface area contributed by atoms with E-state index in [0.29, 0.717) is 22.1 Å². The van der Waals surface area contributed by atoms with Gasteiger partial charge in [0, 0.05) is 28.9 Å². The Balaban J connectivity index is 1.68. The molecule has 0 unspecified atom stereocenters. The van der Waals surface area contributed by atoms with Gasteiger partial charge in [0.05, 0.1) is 13.5 Å². The van der Waals surface area contributed by atoms with Crippen molar-refractivity contribution >= 4 is 40.8 Å². The molecule has 0 aliphatic heterocycles. The number of esters is 1. The molecule has 2 rings (SSSR count). The molecule has 0 fully saturated rings. The average molecular weight is 391 g/mol. The van der Waals surface area contributed by atoms with Crippen LogP contribution in [0.2, 0.25) is 5.02 Å². The Morgan fingerprint density at radius 1 is 0.926 bits per heavy atom. The van der Waals surface area contributed by atoms with Crippen molar-refractivity contribution in [3.63, 3.8) is 0 Å². The SMILES string of the molecule is COc1cccc(NC(=O)COC(=O)CCC(=O)Nc2ccc(Cl)cc2)c1. The highest BCUT2D eigenvalue weighted by molar-refractivity contribution is 6.30. The van der Waals surface area contributed by atoms with Crippen LogP contribution < -0.4 is 15.4 Å². The van der Waals surface area contributed by atoms with Gasteiger partial charge in [-0.25, -0.2) is 0 Å². The summed E-state index contributed by atoms with van der Waals surface area (Å²) in [5.41, 5.74) is 1.10. The maximum Gasteiger partial charge on any atom is 0.306 e. The molecule has 2 aromatic carbocycles. The summed E-state index contributed by atoms with van der Waals surface area (Å²) < 4.78 is 9.93. The number of carbonyl (C=O) groups excluding carboxylic acids is 3. The van der Waals surface area contributed by atoms with Gasteiger partial charge >= 0.3 is 5.97 Å². The van der Waals surface area contributed by atoms with E-state index in [0.717, 1.165) is 0 Å². The molecule has 0 aromatic heterocycles. The van der Waals surface area contributed by atoms with Crippen LogP contribution in [0, 0.1) is 0 Å². The summed E-state index contributed by atoms with van der Waals surface area (Å²) in [6, 6.07) is 13.4. The maximum atomic E-state index is 11.8. The Labute approximate surface area is 161 Å². The van der Waals surface area contributed by atoms with E-state index >= 15 is 0 Å². The van der Waals surface area contributed by atoms with Crippen molar-refractivity contribution in [2.24, 2.45) is 0 Å². The third kappa shape index (κ3) is 7.37. The van der Waals surface area contributed by atoms with Crippen LogP contribution in [0.25, 0.3) is 0 Å². The summed E-state index contributed by atoms with van der Waals surface area (Å²) in [6.45, 7) is -0.436. The van der Waals surface area contributed by atoms with Crippen molar-refractivity contribution in [2.75, 3.05) is 24.4 Å². The third-order valence-electron chi connectivity index (χ3n) is 3.40. The molecule has 0 atom stereocenters. The summed E-state index contributed by atoms with van der Waals surface area (Å²) in [5.74, 6) is -0.865. The Morgan fingerprint density at radius 2 is 1.63 bits per heavy atom. The molecule has 0 heterocycles. The predicted octanol–water partition coefficient (Wildman–Crippen LogP) is 3.25. The van der Waals surface area contributed by atoms with Crippen molar-refractivity contribution in [2.45, 2.75) is 12.8 Å². The molecule has 0 aliphatic rings. The molecule has 2 amide bonds. The van der Waals surface area contributed by atoms with E-state index < -0.39 is 18.5 Å². The first kappa shape index (κ1) is 20.3. The van der Waals surface area contributed by atoms with Gasteiger partial charge in [0.25, 0.3) is 5.91 Å². The second-order valence-electron chi connectivity index (χ2n) is 5.50. The molecule has 2 aromatic rings. The lowest BCUT2D eigenvalue weighted by atomic mass is 10.2. The average Bonchev–Trinajstić information content (AvgIpc) is 2.66. The van der Waals surface area contributed by atoms with Gasteiger partial charge in [-0.2, -0.15) is 0 Å². The van der Waals surface area contributed by atoms with Gasteiger partial charge in [-0.15, -0.1) is 0 Å². The van der Waals surface area contributed by atoms with Crippen molar-refractivity contribution in [3.05, 3.63) is 53.6 Å². The fourth-order valence-electron chi connectivity index (χ4n) is 2.09. The molecule has 0 spiro atoms. The number of hydrogen-bond acceptors (Lipinski definition) is 5. The van der Waals surface area contributed by atoms with Crippen LogP contribution in [0.4, 0.5) is 11.4 Å². The number of methoxy groups -OCH3 is 1. The van der Waals surface area contributed by atoms with Crippen LogP contribution in [0.15, 0.2) is 48.5 Å². The Morgan fingerprint density at radius 3 is 2.33 bits per heavy atom. The van der Waals surface area contributed by atoms with Gasteiger partial charge in [0.1, 0.15) is 5.75 Å². The first-order valence-corrected chi connectivity index (χ1v) is 8.49. The second kappa shape index (κ2) is 10.2.